The van der Waals surface area contributed by atoms with Gasteiger partial charge in [0.2, 0.25) is 0 Å². The number of ether oxygens (including phenoxy) is 2. The van der Waals surface area contributed by atoms with E-state index in [0.29, 0.717) is 32.5 Å². The van der Waals surface area contributed by atoms with Crippen molar-refractivity contribution in [2.75, 3.05) is 26.3 Å². The SMILES string of the molecule is CCOC(=O)N1CCC(NC(=O)COC(=O)[C@@H]2Cc3ccccc3CN2C(=O)c2ccco2)CC1. The molecule has 35 heavy (non-hydrogen) atoms. The zero-order valence-electron chi connectivity index (χ0n) is 19.6. The fraction of sp³-hybridized carbons (Fsp3) is 0.440. The van der Waals surface area contributed by atoms with Crippen molar-refractivity contribution >= 4 is 23.9 Å². The predicted octanol–water partition coefficient (Wildman–Crippen LogP) is 2.13. The predicted molar refractivity (Wildman–Crippen MR) is 123 cm³/mol. The number of nitrogens with one attached hydrogen (secondary N) is 1. The molecule has 1 N–H and O–H groups in total. The number of amides is 3. The van der Waals surface area contributed by atoms with Crippen LogP contribution in [0.4, 0.5) is 4.79 Å². The van der Waals surface area contributed by atoms with Gasteiger partial charge in [-0.25, -0.2) is 9.59 Å². The van der Waals surface area contributed by atoms with Crippen molar-refractivity contribution < 1.29 is 33.1 Å². The lowest BCUT2D eigenvalue weighted by Crippen LogP contribution is -2.50. The molecule has 0 radical (unpaired) electrons. The average molecular weight is 484 g/mol. The highest BCUT2D eigenvalue weighted by Gasteiger charge is 2.37. The Hall–Kier alpha value is -3.82. The molecule has 0 saturated carbocycles. The Bertz CT molecular complexity index is 1060. The zero-order chi connectivity index (χ0) is 24.8. The number of likely N-dealkylation sites (tertiary alicyclic amines) is 1. The summed E-state index contributed by atoms with van der Waals surface area (Å²) in [6, 6.07) is 9.76. The van der Waals surface area contributed by atoms with Crippen LogP contribution in [0.15, 0.2) is 47.1 Å². The Balaban J connectivity index is 1.32. The van der Waals surface area contributed by atoms with Crippen LogP contribution in [0.1, 0.15) is 41.4 Å². The van der Waals surface area contributed by atoms with E-state index in [0.717, 1.165) is 11.1 Å². The molecule has 4 rings (SSSR count). The lowest BCUT2D eigenvalue weighted by molar-refractivity contribution is -0.153. The Labute approximate surface area is 203 Å². The highest BCUT2D eigenvalue weighted by Crippen LogP contribution is 2.26. The van der Waals surface area contributed by atoms with Crippen LogP contribution in [0, 0.1) is 0 Å². The van der Waals surface area contributed by atoms with Crippen LogP contribution in [-0.2, 0) is 32.0 Å². The van der Waals surface area contributed by atoms with Gasteiger partial charge in [-0.15, -0.1) is 0 Å². The Morgan fingerprint density at radius 3 is 2.46 bits per heavy atom. The minimum absolute atomic E-state index is 0.120. The van der Waals surface area contributed by atoms with E-state index >= 15 is 0 Å². The van der Waals surface area contributed by atoms with Gasteiger partial charge in [-0.1, -0.05) is 24.3 Å². The zero-order valence-corrected chi connectivity index (χ0v) is 19.6. The van der Waals surface area contributed by atoms with Gasteiger partial charge in [0.1, 0.15) is 6.04 Å². The summed E-state index contributed by atoms with van der Waals surface area (Å²) < 4.78 is 15.6. The van der Waals surface area contributed by atoms with Crippen LogP contribution in [-0.4, -0.2) is 72.1 Å². The van der Waals surface area contributed by atoms with Crippen molar-refractivity contribution in [2.45, 2.75) is 44.8 Å². The molecule has 3 heterocycles. The van der Waals surface area contributed by atoms with Gasteiger partial charge in [-0.05, 0) is 43.0 Å². The van der Waals surface area contributed by atoms with E-state index in [9.17, 15) is 19.2 Å². The first kappa shape index (κ1) is 24.3. The summed E-state index contributed by atoms with van der Waals surface area (Å²) in [4.78, 5) is 53.3. The third-order valence-electron chi connectivity index (χ3n) is 6.25. The number of benzene rings is 1. The van der Waals surface area contributed by atoms with Crippen LogP contribution in [0.25, 0.3) is 0 Å². The first-order valence-corrected chi connectivity index (χ1v) is 11.7. The van der Waals surface area contributed by atoms with Crippen LogP contribution >= 0.6 is 0 Å². The molecule has 186 valence electrons. The maximum Gasteiger partial charge on any atom is 0.409 e. The molecule has 0 spiro atoms. The van der Waals surface area contributed by atoms with Crippen molar-refractivity contribution in [1.82, 2.24) is 15.1 Å². The van der Waals surface area contributed by atoms with Crippen LogP contribution < -0.4 is 5.32 Å². The number of carbonyl (C=O) groups is 4. The third-order valence-corrected chi connectivity index (χ3v) is 6.25. The van der Waals surface area contributed by atoms with Gasteiger partial charge in [-0.2, -0.15) is 0 Å². The van der Waals surface area contributed by atoms with Crippen molar-refractivity contribution in [1.29, 1.82) is 0 Å². The quantitative estimate of drug-likeness (QED) is 0.625. The van der Waals surface area contributed by atoms with Gasteiger partial charge in [-0.3, -0.25) is 9.59 Å². The third kappa shape index (κ3) is 5.82. The number of fused-ring (bicyclic) bond motifs is 1. The van der Waals surface area contributed by atoms with Gasteiger partial charge < -0.3 is 29.0 Å². The molecular weight excluding hydrogens is 454 g/mol. The molecule has 2 aliphatic heterocycles. The summed E-state index contributed by atoms with van der Waals surface area (Å²) in [5.41, 5.74) is 1.90. The standard InChI is InChI=1S/C25H29N3O7/c1-2-33-25(32)27-11-9-19(10-12-27)26-22(29)16-35-24(31)20-14-17-6-3-4-7-18(17)15-28(20)23(30)21-8-5-13-34-21/h3-8,13,19-20H,2,9-12,14-16H2,1H3,(H,26,29)/t20-/m0/s1. The summed E-state index contributed by atoms with van der Waals surface area (Å²) in [6.45, 7) is 2.82. The molecule has 10 heteroatoms. The van der Waals surface area contributed by atoms with E-state index in [1.54, 1.807) is 24.0 Å². The molecule has 0 bridgehead atoms. The summed E-state index contributed by atoms with van der Waals surface area (Å²) >= 11 is 0. The first-order valence-electron chi connectivity index (χ1n) is 11.7. The van der Waals surface area contributed by atoms with E-state index in [4.69, 9.17) is 13.9 Å². The van der Waals surface area contributed by atoms with Gasteiger partial charge in [0.25, 0.3) is 11.8 Å². The molecule has 0 unspecified atom stereocenters. The minimum atomic E-state index is -0.872. The second-order valence-electron chi connectivity index (χ2n) is 8.53. The molecule has 1 saturated heterocycles. The highest BCUT2D eigenvalue weighted by atomic mass is 16.6. The fourth-order valence-corrected chi connectivity index (χ4v) is 4.41. The summed E-state index contributed by atoms with van der Waals surface area (Å²) in [5.74, 6) is -1.35. The highest BCUT2D eigenvalue weighted by molar-refractivity contribution is 5.95. The molecule has 3 amide bonds. The van der Waals surface area contributed by atoms with E-state index in [-0.39, 0.29) is 30.9 Å². The van der Waals surface area contributed by atoms with E-state index in [2.05, 4.69) is 5.32 Å². The van der Waals surface area contributed by atoms with E-state index in [1.807, 2.05) is 24.3 Å². The minimum Gasteiger partial charge on any atom is -0.459 e. The molecule has 2 aromatic rings. The van der Waals surface area contributed by atoms with Gasteiger partial charge in [0, 0.05) is 32.1 Å². The number of hydrogen-bond acceptors (Lipinski definition) is 7. The van der Waals surface area contributed by atoms with Crippen molar-refractivity contribution in [2.24, 2.45) is 0 Å². The van der Waals surface area contributed by atoms with Gasteiger partial charge in [0.05, 0.1) is 12.9 Å². The number of rotatable bonds is 6. The number of piperidine rings is 1. The Kier molecular flexibility index (Phi) is 7.69. The molecule has 10 nitrogen and oxygen atoms in total. The molecule has 2 aliphatic rings. The summed E-state index contributed by atoms with van der Waals surface area (Å²) in [6.07, 6.45) is 2.51. The second-order valence-corrected chi connectivity index (χ2v) is 8.53. The number of nitrogens with zero attached hydrogens (tertiary/aromatic N) is 2. The van der Waals surface area contributed by atoms with Crippen LogP contribution in [0.5, 0.6) is 0 Å². The molecule has 1 aromatic carbocycles. The smallest absolute Gasteiger partial charge is 0.409 e. The van der Waals surface area contributed by atoms with Crippen LogP contribution in [0.3, 0.4) is 0 Å². The Morgan fingerprint density at radius 2 is 1.77 bits per heavy atom. The van der Waals surface area contributed by atoms with Crippen molar-refractivity contribution in [3.8, 4) is 0 Å². The van der Waals surface area contributed by atoms with E-state index < -0.39 is 30.4 Å². The maximum atomic E-state index is 13.0. The van der Waals surface area contributed by atoms with Crippen molar-refractivity contribution in [3.63, 3.8) is 0 Å². The first-order chi connectivity index (χ1) is 17.0. The molecule has 0 aliphatic carbocycles. The van der Waals surface area contributed by atoms with Gasteiger partial charge in [0.15, 0.2) is 12.4 Å². The summed E-state index contributed by atoms with van der Waals surface area (Å²) in [7, 11) is 0. The molecule has 1 fully saturated rings. The molecule has 1 aromatic heterocycles. The maximum absolute atomic E-state index is 13.0. The number of carbonyl (C=O) groups excluding carboxylic acids is 4. The number of esters is 1. The number of hydrogen-bond donors (Lipinski definition) is 1. The monoisotopic (exact) mass is 483 g/mol. The lowest BCUT2D eigenvalue weighted by atomic mass is 9.93. The normalized spacial score (nSPS) is 17.9. The largest absolute Gasteiger partial charge is 0.459 e. The van der Waals surface area contributed by atoms with E-state index in [1.165, 1.54) is 11.2 Å². The summed E-state index contributed by atoms with van der Waals surface area (Å²) in [5, 5.41) is 2.85. The lowest BCUT2D eigenvalue weighted by Gasteiger charge is -2.35. The topological polar surface area (TPSA) is 118 Å². The molecular formula is C25H29N3O7. The molecule has 1 atom stereocenters. The number of furan rings is 1. The fourth-order valence-electron chi connectivity index (χ4n) is 4.41. The average Bonchev–Trinajstić information content (AvgIpc) is 3.42. The van der Waals surface area contributed by atoms with Crippen LogP contribution in [0.2, 0.25) is 0 Å². The van der Waals surface area contributed by atoms with Gasteiger partial charge >= 0.3 is 12.1 Å². The Morgan fingerprint density at radius 1 is 1.03 bits per heavy atom. The van der Waals surface area contributed by atoms with Crippen molar-refractivity contribution in [3.05, 3.63) is 59.5 Å². The second kappa shape index (κ2) is 11.1.